The number of rotatable bonds is 4. The maximum atomic E-state index is 12.5. The lowest BCUT2D eigenvalue weighted by molar-refractivity contribution is -0.225. The summed E-state index contributed by atoms with van der Waals surface area (Å²) in [5, 5.41) is 10.8. The van der Waals surface area contributed by atoms with Crippen LogP contribution in [0.15, 0.2) is 0 Å². The van der Waals surface area contributed by atoms with Gasteiger partial charge in [-0.05, 0) is 56.8 Å². The SMILES string of the molecule is O=C(COC12CC3CC(CC(O)(C3)C1)C2)OC1C2CC3C(=O)OC1C3C2. The first-order valence-corrected chi connectivity index (χ1v) is 10.2. The van der Waals surface area contributed by atoms with Crippen molar-refractivity contribution in [1.29, 1.82) is 0 Å². The molecule has 6 saturated carbocycles. The van der Waals surface area contributed by atoms with Crippen LogP contribution >= 0.6 is 0 Å². The number of carbonyl (C=O) groups is 2. The Morgan fingerprint density at radius 3 is 2.65 bits per heavy atom. The van der Waals surface area contributed by atoms with E-state index in [1.807, 2.05) is 0 Å². The molecule has 7 unspecified atom stereocenters. The van der Waals surface area contributed by atoms with Gasteiger partial charge in [-0.15, -0.1) is 0 Å². The van der Waals surface area contributed by atoms with E-state index in [1.54, 1.807) is 0 Å². The molecule has 6 heteroatoms. The van der Waals surface area contributed by atoms with Crippen LogP contribution in [0.1, 0.15) is 51.4 Å². The summed E-state index contributed by atoms with van der Waals surface area (Å²) in [5.74, 6) is 1.11. The van der Waals surface area contributed by atoms with Crippen LogP contribution < -0.4 is 0 Å². The van der Waals surface area contributed by atoms with Crippen molar-refractivity contribution in [2.24, 2.45) is 29.6 Å². The molecule has 7 atom stereocenters. The van der Waals surface area contributed by atoms with Gasteiger partial charge in [0.25, 0.3) is 0 Å². The van der Waals surface area contributed by atoms with E-state index in [0.717, 1.165) is 38.5 Å². The predicted molar refractivity (Wildman–Crippen MR) is 87.8 cm³/mol. The van der Waals surface area contributed by atoms with Crippen molar-refractivity contribution in [3.05, 3.63) is 0 Å². The average Bonchev–Trinajstić information content (AvgIpc) is 3.16. The van der Waals surface area contributed by atoms with E-state index in [2.05, 4.69) is 0 Å². The van der Waals surface area contributed by atoms with Crippen molar-refractivity contribution < 1.29 is 28.9 Å². The summed E-state index contributed by atoms with van der Waals surface area (Å²) in [6.07, 6.45) is 6.71. The topological polar surface area (TPSA) is 82.1 Å². The van der Waals surface area contributed by atoms with Crippen LogP contribution in [0.5, 0.6) is 0 Å². The fourth-order valence-electron chi connectivity index (χ4n) is 7.76. The van der Waals surface area contributed by atoms with E-state index in [0.29, 0.717) is 18.3 Å². The van der Waals surface area contributed by atoms with Crippen molar-refractivity contribution >= 4 is 11.9 Å². The number of hydrogen-bond acceptors (Lipinski definition) is 6. The van der Waals surface area contributed by atoms with Crippen molar-refractivity contribution in [2.45, 2.75) is 74.8 Å². The second kappa shape index (κ2) is 5.02. The molecular formula is C20H26O6. The van der Waals surface area contributed by atoms with Crippen molar-refractivity contribution in [3.63, 3.8) is 0 Å². The van der Waals surface area contributed by atoms with Crippen molar-refractivity contribution in [2.75, 3.05) is 6.61 Å². The number of carbonyl (C=O) groups excluding carboxylic acids is 2. The van der Waals surface area contributed by atoms with E-state index in [9.17, 15) is 14.7 Å². The molecule has 0 aromatic rings. The molecule has 26 heavy (non-hydrogen) atoms. The molecule has 0 radical (unpaired) electrons. The molecule has 6 aliphatic carbocycles. The molecule has 1 heterocycles. The highest BCUT2D eigenvalue weighted by molar-refractivity contribution is 5.77. The number of aliphatic hydroxyl groups is 1. The first-order valence-electron chi connectivity index (χ1n) is 10.2. The second-order valence-corrected chi connectivity index (χ2v) is 10.0. The van der Waals surface area contributed by atoms with E-state index in [1.165, 1.54) is 6.42 Å². The monoisotopic (exact) mass is 362 g/mol. The Morgan fingerprint density at radius 2 is 1.92 bits per heavy atom. The molecule has 6 nitrogen and oxygen atoms in total. The highest BCUT2D eigenvalue weighted by atomic mass is 16.6. The predicted octanol–water partition coefficient (Wildman–Crippen LogP) is 1.58. The van der Waals surface area contributed by atoms with E-state index >= 15 is 0 Å². The normalized spacial score (nSPS) is 55.4. The lowest BCUT2D eigenvalue weighted by atomic mass is 9.52. The molecule has 0 aromatic heterocycles. The van der Waals surface area contributed by atoms with Crippen LogP contribution in [-0.4, -0.2) is 47.1 Å². The highest BCUT2D eigenvalue weighted by Crippen LogP contribution is 2.59. The Morgan fingerprint density at radius 1 is 1.15 bits per heavy atom. The second-order valence-electron chi connectivity index (χ2n) is 10.0. The number of fused-ring (bicyclic) bond motifs is 1. The molecule has 0 spiro atoms. The summed E-state index contributed by atoms with van der Waals surface area (Å²) >= 11 is 0. The van der Waals surface area contributed by atoms with Crippen LogP contribution in [0.25, 0.3) is 0 Å². The molecule has 6 bridgehead atoms. The van der Waals surface area contributed by atoms with Crippen LogP contribution in [0.4, 0.5) is 0 Å². The summed E-state index contributed by atoms with van der Waals surface area (Å²) in [6.45, 7) is -0.0620. The van der Waals surface area contributed by atoms with Gasteiger partial charge in [-0.1, -0.05) is 0 Å². The Kier molecular flexibility index (Phi) is 3.06. The first-order chi connectivity index (χ1) is 12.4. The van der Waals surface area contributed by atoms with Gasteiger partial charge in [0.05, 0.1) is 17.1 Å². The van der Waals surface area contributed by atoms with Gasteiger partial charge < -0.3 is 19.3 Å². The smallest absolute Gasteiger partial charge is 0.332 e. The molecule has 7 fully saturated rings. The van der Waals surface area contributed by atoms with Crippen LogP contribution in [0.3, 0.4) is 0 Å². The zero-order valence-corrected chi connectivity index (χ0v) is 14.9. The Balaban J connectivity index is 1.10. The van der Waals surface area contributed by atoms with E-state index in [-0.39, 0.29) is 54.1 Å². The van der Waals surface area contributed by atoms with Gasteiger partial charge in [0.2, 0.25) is 0 Å². The summed E-state index contributed by atoms with van der Waals surface area (Å²) in [6, 6.07) is 0. The summed E-state index contributed by atoms with van der Waals surface area (Å²) in [5.41, 5.74) is -0.941. The lowest BCUT2D eigenvalue weighted by Gasteiger charge is -2.59. The van der Waals surface area contributed by atoms with Gasteiger partial charge in [0, 0.05) is 18.3 Å². The number of esters is 2. The van der Waals surface area contributed by atoms with Crippen LogP contribution in [0.2, 0.25) is 0 Å². The largest absolute Gasteiger partial charge is 0.458 e. The van der Waals surface area contributed by atoms with Crippen LogP contribution in [0, 0.1) is 29.6 Å². The fourth-order valence-corrected chi connectivity index (χ4v) is 7.76. The standard InChI is InChI=1S/C20H26O6/c21-15(25-16-12-2-13-14(3-12)18(22)26-17(13)16)8-24-20-6-10-1-11(7-20)5-19(23,4-10)9-20/h10-14,16-17,23H,1-9H2. The van der Waals surface area contributed by atoms with E-state index < -0.39 is 5.60 Å². The van der Waals surface area contributed by atoms with Gasteiger partial charge >= 0.3 is 11.9 Å². The molecule has 1 saturated heterocycles. The summed E-state index contributed by atoms with van der Waals surface area (Å²) in [4.78, 5) is 24.3. The molecular weight excluding hydrogens is 336 g/mol. The average molecular weight is 362 g/mol. The van der Waals surface area contributed by atoms with Gasteiger partial charge in [-0.3, -0.25) is 4.79 Å². The van der Waals surface area contributed by atoms with Gasteiger partial charge in [0.15, 0.2) is 0 Å². The minimum absolute atomic E-state index is 0.0315. The maximum Gasteiger partial charge on any atom is 0.332 e. The number of ether oxygens (including phenoxy) is 3. The first kappa shape index (κ1) is 15.9. The molecule has 0 amide bonds. The zero-order chi connectivity index (χ0) is 17.7. The van der Waals surface area contributed by atoms with Crippen molar-refractivity contribution in [1.82, 2.24) is 0 Å². The third-order valence-corrected chi connectivity index (χ3v) is 8.15. The fraction of sp³-hybridized carbons (Fsp3) is 0.900. The van der Waals surface area contributed by atoms with Gasteiger partial charge in [0.1, 0.15) is 18.8 Å². The van der Waals surface area contributed by atoms with Gasteiger partial charge in [-0.25, -0.2) is 4.79 Å². The minimum Gasteiger partial charge on any atom is -0.458 e. The molecule has 1 N–H and O–H groups in total. The highest BCUT2D eigenvalue weighted by Gasteiger charge is 2.63. The molecule has 7 rings (SSSR count). The Bertz CT molecular complexity index is 659. The molecule has 1 aliphatic heterocycles. The van der Waals surface area contributed by atoms with E-state index in [4.69, 9.17) is 14.2 Å². The molecule has 7 aliphatic rings. The number of hydrogen-bond donors (Lipinski definition) is 1. The summed E-state index contributed by atoms with van der Waals surface area (Å²) in [7, 11) is 0. The van der Waals surface area contributed by atoms with Crippen molar-refractivity contribution in [3.8, 4) is 0 Å². The maximum absolute atomic E-state index is 12.5. The lowest BCUT2D eigenvalue weighted by Crippen LogP contribution is -2.60. The van der Waals surface area contributed by atoms with Gasteiger partial charge in [-0.2, -0.15) is 0 Å². The Hall–Kier alpha value is -1.14. The Labute approximate surface area is 152 Å². The third kappa shape index (κ3) is 2.18. The molecule has 0 aromatic carbocycles. The summed E-state index contributed by atoms with van der Waals surface area (Å²) < 4.78 is 17.3. The van der Waals surface area contributed by atoms with Crippen LogP contribution in [-0.2, 0) is 23.8 Å². The quantitative estimate of drug-likeness (QED) is 0.765. The molecule has 142 valence electrons. The third-order valence-electron chi connectivity index (χ3n) is 8.15. The minimum atomic E-state index is -0.592. The zero-order valence-electron chi connectivity index (χ0n) is 14.9.